The predicted molar refractivity (Wildman–Crippen MR) is 110 cm³/mol. The van der Waals surface area contributed by atoms with Crippen molar-refractivity contribution < 1.29 is 42.9 Å². The minimum atomic E-state index is -0.934. The first-order valence-corrected chi connectivity index (χ1v) is 10.3. The summed E-state index contributed by atoms with van der Waals surface area (Å²) in [7, 11) is 0. The lowest BCUT2D eigenvalue weighted by molar-refractivity contribution is -0.170. The van der Waals surface area contributed by atoms with Crippen LogP contribution in [0, 0.1) is 10.8 Å². The fourth-order valence-corrected chi connectivity index (χ4v) is 4.12. The number of fused-ring (bicyclic) bond motifs is 5. The van der Waals surface area contributed by atoms with Gasteiger partial charge in [-0.3, -0.25) is 24.0 Å². The zero-order valence-corrected chi connectivity index (χ0v) is 18.5. The van der Waals surface area contributed by atoms with Crippen molar-refractivity contribution in [1.29, 1.82) is 0 Å². The van der Waals surface area contributed by atoms with E-state index in [9.17, 15) is 28.9 Å². The SMILES string of the molecule is CC(=O)OCOC(=O)CN(CC(=O)OCOC(C)=O)C(=O)C1CC2c3ccccc3C1N2N=O. The fraction of sp³-hybridized carbons (Fsp3) is 0.476. The van der Waals surface area contributed by atoms with Crippen LogP contribution in [-0.2, 0) is 42.9 Å². The number of carbonyl (C=O) groups excluding carboxylic acids is 5. The van der Waals surface area contributed by atoms with E-state index in [0.29, 0.717) is 0 Å². The summed E-state index contributed by atoms with van der Waals surface area (Å²) in [5, 5.41) is 4.40. The molecule has 1 aromatic rings. The number of amides is 1. The third-order valence-electron chi connectivity index (χ3n) is 5.46. The van der Waals surface area contributed by atoms with Gasteiger partial charge in [0.2, 0.25) is 19.5 Å². The Morgan fingerprint density at radius 2 is 1.44 bits per heavy atom. The Labute approximate surface area is 193 Å². The highest BCUT2D eigenvalue weighted by molar-refractivity contribution is 5.88. The average molecular weight is 477 g/mol. The number of nitroso groups, excluding NO2 is 1. The summed E-state index contributed by atoms with van der Waals surface area (Å²) >= 11 is 0. The first-order valence-electron chi connectivity index (χ1n) is 10.3. The molecule has 1 fully saturated rings. The van der Waals surface area contributed by atoms with Gasteiger partial charge >= 0.3 is 23.9 Å². The van der Waals surface area contributed by atoms with Crippen molar-refractivity contribution >= 4 is 29.8 Å². The third-order valence-corrected chi connectivity index (χ3v) is 5.46. The fourth-order valence-electron chi connectivity index (χ4n) is 4.12. The highest BCUT2D eigenvalue weighted by Crippen LogP contribution is 2.56. The lowest BCUT2D eigenvalue weighted by Crippen LogP contribution is -2.45. The average Bonchev–Trinajstić information content (AvgIpc) is 3.31. The molecule has 1 amide bonds. The monoisotopic (exact) mass is 477 g/mol. The number of rotatable bonds is 10. The normalized spacial score (nSPS) is 19.6. The van der Waals surface area contributed by atoms with Gasteiger partial charge < -0.3 is 23.8 Å². The van der Waals surface area contributed by atoms with E-state index in [4.69, 9.17) is 9.47 Å². The summed E-state index contributed by atoms with van der Waals surface area (Å²) in [5.41, 5.74) is 1.66. The largest absolute Gasteiger partial charge is 0.428 e. The van der Waals surface area contributed by atoms with E-state index in [1.54, 1.807) is 12.1 Å². The van der Waals surface area contributed by atoms with Crippen LogP contribution in [0.5, 0.6) is 0 Å². The number of carbonyl (C=O) groups is 5. The predicted octanol–water partition coefficient (Wildman–Crippen LogP) is 0.742. The Bertz CT molecular complexity index is 963. The van der Waals surface area contributed by atoms with Gasteiger partial charge in [-0.1, -0.05) is 24.3 Å². The molecule has 13 heteroatoms. The molecular formula is C21H23N3O10. The van der Waals surface area contributed by atoms with Crippen molar-refractivity contribution in [2.45, 2.75) is 32.4 Å². The smallest absolute Gasteiger partial charge is 0.328 e. The van der Waals surface area contributed by atoms with Crippen LogP contribution in [0.25, 0.3) is 0 Å². The Morgan fingerprint density at radius 1 is 0.912 bits per heavy atom. The molecule has 0 aliphatic carbocycles. The van der Waals surface area contributed by atoms with Crippen molar-refractivity contribution in [2.24, 2.45) is 11.2 Å². The number of esters is 4. The zero-order chi connectivity index (χ0) is 24.8. The van der Waals surface area contributed by atoms with Crippen LogP contribution in [0.4, 0.5) is 0 Å². The van der Waals surface area contributed by atoms with Gasteiger partial charge in [-0.25, -0.2) is 5.01 Å². The van der Waals surface area contributed by atoms with Gasteiger partial charge in [0, 0.05) is 13.8 Å². The molecule has 2 aliphatic rings. The standard InChI is InChI=1S/C21H23N3O10/c1-12(25)31-10-33-18(27)8-23(9-19(28)34-11-32-13(2)26)21(29)16-7-17-14-5-3-4-6-15(14)20(16)24(17)22-30/h3-6,16-17,20H,7-11H2,1-2H3. The molecule has 3 rings (SSSR count). The number of hydrogen-bond acceptors (Lipinski definition) is 11. The number of benzene rings is 1. The van der Waals surface area contributed by atoms with E-state index < -0.39 is 74.5 Å². The molecule has 0 spiro atoms. The molecule has 2 heterocycles. The van der Waals surface area contributed by atoms with Crippen LogP contribution in [0.15, 0.2) is 29.6 Å². The first-order chi connectivity index (χ1) is 16.2. The molecule has 182 valence electrons. The van der Waals surface area contributed by atoms with Crippen molar-refractivity contribution in [2.75, 3.05) is 26.7 Å². The molecule has 0 aromatic heterocycles. The molecule has 1 aromatic carbocycles. The van der Waals surface area contributed by atoms with Gasteiger partial charge in [-0.05, 0) is 17.5 Å². The Hall–Kier alpha value is -4.03. The van der Waals surface area contributed by atoms with E-state index in [1.165, 1.54) is 5.01 Å². The van der Waals surface area contributed by atoms with Crippen molar-refractivity contribution in [3.63, 3.8) is 0 Å². The maximum Gasteiger partial charge on any atom is 0.328 e. The molecule has 3 atom stereocenters. The van der Waals surface area contributed by atoms with Crippen molar-refractivity contribution in [3.8, 4) is 0 Å². The summed E-state index contributed by atoms with van der Waals surface area (Å²) in [6.07, 6.45) is 0.258. The van der Waals surface area contributed by atoms with Crippen molar-refractivity contribution in [3.05, 3.63) is 40.3 Å². The lowest BCUT2D eigenvalue weighted by atomic mass is 9.83. The number of ether oxygens (including phenoxy) is 4. The summed E-state index contributed by atoms with van der Waals surface area (Å²) < 4.78 is 18.6. The molecule has 0 saturated carbocycles. The van der Waals surface area contributed by atoms with E-state index in [0.717, 1.165) is 29.9 Å². The van der Waals surface area contributed by atoms with Gasteiger partial charge in [0.15, 0.2) is 0 Å². The summed E-state index contributed by atoms with van der Waals surface area (Å²) in [6, 6.07) is 6.20. The van der Waals surface area contributed by atoms with E-state index in [2.05, 4.69) is 14.8 Å². The van der Waals surface area contributed by atoms with Crippen LogP contribution in [0.1, 0.15) is 43.5 Å². The highest BCUT2D eigenvalue weighted by Gasteiger charge is 2.54. The molecular weight excluding hydrogens is 454 g/mol. The van der Waals surface area contributed by atoms with Crippen LogP contribution >= 0.6 is 0 Å². The Balaban J connectivity index is 1.74. The summed E-state index contributed by atoms with van der Waals surface area (Å²) in [4.78, 5) is 71.9. The minimum absolute atomic E-state index is 0.258. The molecule has 1 saturated heterocycles. The lowest BCUT2D eigenvalue weighted by Gasteiger charge is -2.28. The maximum absolute atomic E-state index is 13.4. The summed E-state index contributed by atoms with van der Waals surface area (Å²) in [5.74, 6) is -4.56. The second-order valence-electron chi connectivity index (χ2n) is 7.63. The van der Waals surface area contributed by atoms with Gasteiger partial charge in [-0.2, -0.15) is 0 Å². The van der Waals surface area contributed by atoms with Crippen LogP contribution in [-0.4, -0.2) is 66.4 Å². The van der Waals surface area contributed by atoms with Gasteiger partial charge in [-0.15, -0.1) is 4.91 Å². The Kier molecular flexibility index (Phi) is 7.76. The molecule has 34 heavy (non-hydrogen) atoms. The maximum atomic E-state index is 13.4. The van der Waals surface area contributed by atoms with Crippen molar-refractivity contribution in [1.82, 2.24) is 9.91 Å². The highest BCUT2D eigenvalue weighted by atomic mass is 16.7. The zero-order valence-electron chi connectivity index (χ0n) is 18.5. The molecule has 13 nitrogen and oxygen atoms in total. The quantitative estimate of drug-likeness (QED) is 0.266. The topological polar surface area (TPSA) is 158 Å². The minimum Gasteiger partial charge on any atom is -0.428 e. The van der Waals surface area contributed by atoms with Crippen LogP contribution in [0.2, 0.25) is 0 Å². The first kappa shape index (κ1) is 24.6. The second kappa shape index (κ2) is 10.7. The molecule has 3 unspecified atom stereocenters. The Morgan fingerprint density at radius 3 is 1.94 bits per heavy atom. The van der Waals surface area contributed by atoms with Gasteiger partial charge in [0.25, 0.3) is 0 Å². The molecule has 0 N–H and O–H groups in total. The number of hydrogen-bond donors (Lipinski definition) is 0. The van der Waals surface area contributed by atoms with E-state index in [1.807, 2.05) is 12.1 Å². The summed E-state index contributed by atoms with van der Waals surface area (Å²) in [6.45, 7) is -0.348. The van der Waals surface area contributed by atoms with Crippen LogP contribution in [0.3, 0.4) is 0 Å². The van der Waals surface area contributed by atoms with Gasteiger partial charge in [0.1, 0.15) is 13.1 Å². The van der Waals surface area contributed by atoms with Gasteiger partial charge in [0.05, 0.1) is 23.3 Å². The molecule has 2 bridgehead atoms. The number of nitrogens with zero attached hydrogens (tertiary/aromatic N) is 3. The third kappa shape index (κ3) is 5.47. The van der Waals surface area contributed by atoms with E-state index in [-0.39, 0.29) is 6.42 Å². The second-order valence-corrected chi connectivity index (χ2v) is 7.63. The molecule has 2 aliphatic heterocycles. The van der Waals surface area contributed by atoms with Crippen LogP contribution < -0.4 is 0 Å². The molecule has 0 radical (unpaired) electrons. The van der Waals surface area contributed by atoms with E-state index >= 15 is 0 Å².